The molecule has 11 nitrogen and oxygen atoms in total. The smallest absolute Gasteiger partial charge is 0.261 e. The molecular formula is C32H40FN7O4. The van der Waals surface area contributed by atoms with E-state index in [0.29, 0.717) is 81.2 Å². The number of piperazine rings is 1. The van der Waals surface area contributed by atoms with Gasteiger partial charge in [-0.1, -0.05) is 12.1 Å². The van der Waals surface area contributed by atoms with Crippen molar-refractivity contribution in [2.75, 3.05) is 64.8 Å². The number of hydrogen-bond donors (Lipinski definition) is 3. The van der Waals surface area contributed by atoms with Crippen molar-refractivity contribution in [2.24, 2.45) is 0 Å². The van der Waals surface area contributed by atoms with Gasteiger partial charge >= 0.3 is 0 Å². The van der Waals surface area contributed by atoms with Crippen molar-refractivity contribution in [2.45, 2.75) is 32.2 Å². The number of rotatable bonds is 11. The second-order valence-corrected chi connectivity index (χ2v) is 11.6. The fourth-order valence-corrected chi connectivity index (χ4v) is 5.77. The van der Waals surface area contributed by atoms with E-state index in [1.54, 1.807) is 28.2 Å². The van der Waals surface area contributed by atoms with Crippen molar-refractivity contribution in [1.29, 1.82) is 0 Å². The number of fused-ring (bicyclic) bond motifs is 2. The number of nitrogens with one attached hydrogen (secondary N) is 2. The predicted octanol–water partition coefficient (Wildman–Crippen LogP) is 2.57. The van der Waals surface area contributed by atoms with Gasteiger partial charge in [0.15, 0.2) is 0 Å². The SMILES string of the molecule is CN(C)CCCNC(=O)c1ccc(/C=C2\CCn3c2nc2cc(N4CCN(CCCC(=O)NO)CC4)c(F)cc2c3=O)cc1. The minimum Gasteiger partial charge on any atom is -0.367 e. The van der Waals surface area contributed by atoms with Crippen molar-refractivity contribution in [3.63, 3.8) is 0 Å². The van der Waals surface area contributed by atoms with E-state index in [4.69, 9.17) is 10.2 Å². The van der Waals surface area contributed by atoms with E-state index in [-0.39, 0.29) is 23.3 Å². The third-order valence-corrected chi connectivity index (χ3v) is 8.21. The summed E-state index contributed by atoms with van der Waals surface area (Å²) >= 11 is 0. The Morgan fingerprint density at radius 3 is 2.52 bits per heavy atom. The highest BCUT2D eigenvalue weighted by molar-refractivity contribution is 5.94. The summed E-state index contributed by atoms with van der Waals surface area (Å²) in [5.74, 6) is -0.371. The molecule has 0 spiro atoms. The van der Waals surface area contributed by atoms with Crippen molar-refractivity contribution in [3.8, 4) is 0 Å². The van der Waals surface area contributed by atoms with Crippen LogP contribution in [-0.4, -0.2) is 96.3 Å². The quantitative estimate of drug-likeness (QED) is 0.173. The second kappa shape index (κ2) is 14.1. The van der Waals surface area contributed by atoms with Gasteiger partial charge in [0.25, 0.3) is 11.5 Å². The average molecular weight is 606 g/mol. The standard InChI is InChI=1S/C32H40FN7O4/c1-37(2)12-4-11-34-31(42)23-8-6-22(7-9-23)19-24-10-14-40-30(24)35-27-21-28(26(33)20-25(27)32(40)43)39-17-15-38(16-18-39)13-3-5-29(41)36-44/h6-9,19-21,44H,3-5,10-18H2,1-2H3,(H,34,42)(H,36,41)/b24-19+. The van der Waals surface area contributed by atoms with Crippen LogP contribution in [0.15, 0.2) is 41.2 Å². The molecule has 0 atom stereocenters. The number of hydrogen-bond acceptors (Lipinski definition) is 8. The van der Waals surface area contributed by atoms with Crippen LogP contribution in [0.2, 0.25) is 0 Å². The molecule has 2 aromatic carbocycles. The first-order valence-corrected chi connectivity index (χ1v) is 15.1. The molecule has 2 aliphatic rings. The van der Waals surface area contributed by atoms with Crippen LogP contribution < -0.4 is 21.3 Å². The molecule has 0 bridgehead atoms. The van der Waals surface area contributed by atoms with Gasteiger partial charge in [0.2, 0.25) is 5.91 Å². The van der Waals surface area contributed by atoms with Crippen LogP contribution in [0.4, 0.5) is 10.1 Å². The molecule has 1 saturated heterocycles. The molecule has 0 unspecified atom stereocenters. The molecule has 1 fully saturated rings. The first-order chi connectivity index (χ1) is 21.2. The van der Waals surface area contributed by atoms with Crippen LogP contribution in [0, 0.1) is 5.82 Å². The van der Waals surface area contributed by atoms with Gasteiger partial charge in [-0.05, 0) is 87.9 Å². The van der Waals surface area contributed by atoms with Gasteiger partial charge in [-0.2, -0.15) is 0 Å². The summed E-state index contributed by atoms with van der Waals surface area (Å²) in [4.78, 5) is 48.2. The molecule has 1 aromatic heterocycles. The Hall–Kier alpha value is -4.13. The Balaban J connectivity index is 1.29. The van der Waals surface area contributed by atoms with E-state index in [0.717, 1.165) is 24.1 Å². The maximum Gasteiger partial charge on any atom is 0.261 e. The fraction of sp³-hybridized carbons (Fsp3) is 0.438. The van der Waals surface area contributed by atoms with Crippen LogP contribution in [0.1, 0.15) is 47.4 Å². The Kier molecular flexibility index (Phi) is 10.0. The minimum atomic E-state index is -0.444. The lowest BCUT2D eigenvalue weighted by Crippen LogP contribution is -2.47. The molecule has 3 N–H and O–H groups in total. The first-order valence-electron chi connectivity index (χ1n) is 15.1. The van der Waals surface area contributed by atoms with E-state index in [1.165, 1.54) is 6.07 Å². The summed E-state index contributed by atoms with van der Waals surface area (Å²) in [6, 6.07) is 10.3. The van der Waals surface area contributed by atoms with Crippen LogP contribution >= 0.6 is 0 Å². The Labute approximate surface area is 255 Å². The molecule has 0 radical (unpaired) electrons. The van der Waals surface area contributed by atoms with Crippen LogP contribution in [0.25, 0.3) is 22.6 Å². The largest absolute Gasteiger partial charge is 0.367 e. The number of carbonyl (C=O) groups excluding carboxylic acids is 2. The summed E-state index contributed by atoms with van der Waals surface area (Å²) < 4.78 is 16.9. The van der Waals surface area contributed by atoms with Gasteiger partial charge in [0.1, 0.15) is 11.6 Å². The Morgan fingerprint density at radius 2 is 1.82 bits per heavy atom. The van der Waals surface area contributed by atoms with Crippen LogP contribution in [-0.2, 0) is 11.3 Å². The van der Waals surface area contributed by atoms with Gasteiger partial charge < -0.3 is 15.1 Å². The number of allylic oxidation sites excluding steroid dienone is 1. The zero-order chi connectivity index (χ0) is 31.2. The highest BCUT2D eigenvalue weighted by Crippen LogP contribution is 2.30. The maximum absolute atomic E-state index is 15.3. The molecule has 2 aliphatic heterocycles. The van der Waals surface area contributed by atoms with Gasteiger partial charge in [-0.3, -0.25) is 29.1 Å². The average Bonchev–Trinajstić information content (AvgIpc) is 3.42. The van der Waals surface area contributed by atoms with E-state index in [2.05, 4.69) is 15.1 Å². The van der Waals surface area contributed by atoms with Gasteiger partial charge in [-0.25, -0.2) is 14.9 Å². The molecule has 3 heterocycles. The van der Waals surface area contributed by atoms with Gasteiger partial charge in [0, 0.05) is 51.3 Å². The third kappa shape index (κ3) is 7.32. The van der Waals surface area contributed by atoms with Crippen molar-refractivity contribution in [3.05, 3.63) is 69.5 Å². The molecule has 12 heteroatoms. The first kappa shape index (κ1) is 31.3. The number of carbonyl (C=O) groups is 2. The lowest BCUT2D eigenvalue weighted by molar-refractivity contribution is -0.129. The number of anilines is 1. The molecular weight excluding hydrogens is 565 g/mol. The lowest BCUT2D eigenvalue weighted by Gasteiger charge is -2.36. The molecule has 44 heavy (non-hydrogen) atoms. The molecule has 2 amide bonds. The number of amides is 2. The number of benzene rings is 2. The topological polar surface area (TPSA) is 123 Å². The summed E-state index contributed by atoms with van der Waals surface area (Å²) in [7, 11) is 4.00. The van der Waals surface area contributed by atoms with Crippen LogP contribution in [0.3, 0.4) is 0 Å². The number of hydroxylamine groups is 1. The van der Waals surface area contributed by atoms with E-state index < -0.39 is 11.7 Å². The highest BCUT2D eigenvalue weighted by Gasteiger charge is 2.24. The van der Waals surface area contributed by atoms with Crippen LogP contribution in [0.5, 0.6) is 0 Å². The lowest BCUT2D eigenvalue weighted by atomic mass is 10.1. The zero-order valence-electron chi connectivity index (χ0n) is 25.3. The summed E-state index contributed by atoms with van der Waals surface area (Å²) in [5.41, 5.74) is 4.69. The molecule has 5 rings (SSSR count). The summed E-state index contributed by atoms with van der Waals surface area (Å²) in [6.45, 7) is 5.34. The Morgan fingerprint density at radius 1 is 1.07 bits per heavy atom. The van der Waals surface area contributed by atoms with Crippen molar-refractivity contribution >= 4 is 40.1 Å². The summed E-state index contributed by atoms with van der Waals surface area (Å²) in [5, 5.41) is 11.9. The van der Waals surface area contributed by atoms with Crippen molar-refractivity contribution < 1.29 is 19.2 Å². The van der Waals surface area contributed by atoms with Crippen molar-refractivity contribution in [1.82, 2.24) is 30.1 Å². The monoisotopic (exact) mass is 605 g/mol. The maximum atomic E-state index is 15.3. The van der Waals surface area contributed by atoms with E-state index in [1.807, 2.05) is 37.2 Å². The third-order valence-electron chi connectivity index (χ3n) is 8.21. The van der Waals surface area contributed by atoms with E-state index in [9.17, 15) is 14.4 Å². The van der Waals surface area contributed by atoms with E-state index >= 15 is 4.39 Å². The molecule has 234 valence electrons. The minimum absolute atomic E-state index is 0.106. The number of nitrogens with zero attached hydrogens (tertiary/aromatic N) is 5. The number of halogens is 1. The normalized spacial score (nSPS) is 16.1. The predicted molar refractivity (Wildman–Crippen MR) is 168 cm³/mol. The molecule has 0 aliphatic carbocycles. The fourth-order valence-electron chi connectivity index (χ4n) is 5.77. The molecule has 0 saturated carbocycles. The zero-order valence-corrected chi connectivity index (χ0v) is 25.3. The van der Waals surface area contributed by atoms with Gasteiger partial charge in [0.05, 0.1) is 16.6 Å². The number of aromatic nitrogens is 2. The summed E-state index contributed by atoms with van der Waals surface area (Å²) in [6.07, 6.45) is 4.37. The highest BCUT2D eigenvalue weighted by atomic mass is 19.1. The Bertz CT molecular complexity index is 1590. The molecule has 3 aromatic rings. The van der Waals surface area contributed by atoms with Gasteiger partial charge in [-0.15, -0.1) is 0 Å². The second-order valence-electron chi connectivity index (χ2n) is 11.6.